The van der Waals surface area contributed by atoms with Gasteiger partial charge in [0.25, 0.3) is 5.91 Å². The molecule has 1 aliphatic rings. The van der Waals surface area contributed by atoms with Crippen LogP contribution < -0.4 is 10.1 Å². The Bertz CT molecular complexity index is 862. The van der Waals surface area contributed by atoms with Gasteiger partial charge in [0.05, 0.1) is 22.7 Å². The van der Waals surface area contributed by atoms with E-state index in [1.807, 2.05) is 37.3 Å². The quantitative estimate of drug-likeness (QED) is 0.819. The zero-order chi connectivity index (χ0) is 17.1. The normalized spacial score (nSPS) is 17.4. The molecule has 1 saturated heterocycles. The molecule has 0 unspecified atom stereocenters. The SMILES string of the molecule is COc1ccc(/C=C2\SC(=Nc3cccc(C)c3)NC2=O)cc1Cl. The number of amidine groups is 1. The van der Waals surface area contributed by atoms with Crippen LogP contribution in [-0.4, -0.2) is 18.2 Å². The highest BCUT2D eigenvalue weighted by Gasteiger charge is 2.23. The van der Waals surface area contributed by atoms with Gasteiger partial charge in [-0.25, -0.2) is 4.99 Å². The molecule has 2 aromatic rings. The summed E-state index contributed by atoms with van der Waals surface area (Å²) in [7, 11) is 1.56. The lowest BCUT2D eigenvalue weighted by atomic mass is 10.2. The largest absolute Gasteiger partial charge is 0.495 e. The molecule has 0 spiro atoms. The van der Waals surface area contributed by atoms with E-state index in [0.29, 0.717) is 20.8 Å². The highest BCUT2D eigenvalue weighted by atomic mass is 35.5. The number of hydrogen-bond acceptors (Lipinski definition) is 4. The number of methoxy groups -OCH3 is 1. The van der Waals surface area contributed by atoms with E-state index in [4.69, 9.17) is 16.3 Å². The van der Waals surface area contributed by atoms with Crippen molar-refractivity contribution in [3.05, 3.63) is 63.5 Å². The van der Waals surface area contributed by atoms with Crippen LogP contribution in [0.2, 0.25) is 5.02 Å². The second-order valence-corrected chi connectivity index (χ2v) is 6.65. The van der Waals surface area contributed by atoms with Crippen LogP contribution in [0.1, 0.15) is 11.1 Å². The van der Waals surface area contributed by atoms with Crippen molar-refractivity contribution in [2.24, 2.45) is 4.99 Å². The molecule has 122 valence electrons. The summed E-state index contributed by atoms with van der Waals surface area (Å²) in [5.41, 5.74) is 2.76. The van der Waals surface area contributed by atoms with Crippen LogP contribution in [0.5, 0.6) is 5.75 Å². The minimum absolute atomic E-state index is 0.168. The number of thioether (sulfide) groups is 1. The van der Waals surface area contributed by atoms with Crippen LogP contribution in [0.25, 0.3) is 6.08 Å². The molecule has 3 rings (SSSR count). The summed E-state index contributed by atoms with van der Waals surface area (Å²) in [6.07, 6.45) is 1.78. The van der Waals surface area contributed by atoms with Crippen molar-refractivity contribution < 1.29 is 9.53 Å². The van der Waals surface area contributed by atoms with Gasteiger partial charge in [-0.05, 0) is 60.2 Å². The van der Waals surface area contributed by atoms with Crippen molar-refractivity contribution in [1.82, 2.24) is 5.32 Å². The van der Waals surface area contributed by atoms with E-state index in [-0.39, 0.29) is 5.91 Å². The molecule has 24 heavy (non-hydrogen) atoms. The first-order valence-electron chi connectivity index (χ1n) is 7.25. The monoisotopic (exact) mass is 358 g/mol. The van der Waals surface area contributed by atoms with Gasteiger partial charge in [0, 0.05) is 0 Å². The van der Waals surface area contributed by atoms with Gasteiger partial charge in [0.2, 0.25) is 0 Å². The fourth-order valence-corrected chi connectivity index (χ4v) is 3.33. The first kappa shape index (κ1) is 16.6. The van der Waals surface area contributed by atoms with Crippen LogP contribution in [0.15, 0.2) is 52.4 Å². The second-order valence-electron chi connectivity index (χ2n) is 5.21. The van der Waals surface area contributed by atoms with Crippen LogP contribution in [-0.2, 0) is 4.79 Å². The molecule has 1 heterocycles. The molecule has 1 N–H and O–H groups in total. The minimum Gasteiger partial charge on any atom is -0.495 e. The van der Waals surface area contributed by atoms with Gasteiger partial charge in [-0.2, -0.15) is 0 Å². The number of aliphatic imine (C=N–C) groups is 1. The van der Waals surface area contributed by atoms with Crippen LogP contribution in [0, 0.1) is 6.92 Å². The van der Waals surface area contributed by atoms with E-state index < -0.39 is 0 Å². The fourth-order valence-electron chi connectivity index (χ4n) is 2.22. The molecule has 1 fully saturated rings. The average Bonchev–Trinajstić information content (AvgIpc) is 2.87. The molecular formula is C18H15ClN2O2S. The number of amides is 1. The van der Waals surface area contributed by atoms with Crippen LogP contribution in [0.4, 0.5) is 5.69 Å². The predicted octanol–water partition coefficient (Wildman–Crippen LogP) is 4.55. The average molecular weight is 359 g/mol. The Hall–Kier alpha value is -2.24. The first-order valence-corrected chi connectivity index (χ1v) is 8.44. The van der Waals surface area contributed by atoms with Crippen molar-refractivity contribution in [3.63, 3.8) is 0 Å². The number of benzene rings is 2. The third kappa shape index (κ3) is 3.80. The number of ether oxygens (including phenoxy) is 1. The number of aryl methyl sites for hydroxylation is 1. The Balaban J connectivity index is 1.83. The summed E-state index contributed by atoms with van der Waals surface area (Å²) in [6.45, 7) is 2.00. The molecule has 0 atom stereocenters. The van der Waals surface area contributed by atoms with Crippen LogP contribution >= 0.6 is 23.4 Å². The topological polar surface area (TPSA) is 50.7 Å². The number of carbonyl (C=O) groups is 1. The highest BCUT2D eigenvalue weighted by Crippen LogP contribution is 2.30. The number of halogens is 1. The fraction of sp³-hybridized carbons (Fsp3) is 0.111. The summed E-state index contributed by atoms with van der Waals surface area (Å²) >= 11 is 7.42. The van der Waals surface area contributed by atoms with Gasteiger partial charge in [0.1, 0.15) is 5.75 Å². The lowest BCUT2D eigenvalue weighted by Gasteiger charge is -2.03. The van der Waals surface area contributed by atoms with Crippen molar-refractivity contribution >= 4 is 46.2 Å². The first-order chi connectivity index (χ1) is 11.5. The Morgan fingerprint density at radius 2 is 2.08 bits per heavy atom. The number of carbonyl (C=O) groups excluding carboxylic acids is 1. The lowest BCUT2D eigenvalue weighted by molar-refractivity contribution is -0.115. The third-order valence-electron chi connectivity index (χ3n) is 3.36. The number of rotatable bonds is 3. The number of nitrogens with zero attached hydrogens (tertiary/aromatic N) is 1. The molecule has 6 heteroatoms. The van der Waals surface area contributed by atoms with E-state index in [1.165, 1.54) is 11.8 Å². The summed E-state index contributed by atoms with van der Waals surface area (Å²) in [5.74, 6) is 0.433. The predicted molar refractivity (Wildman–Crippen MR) is 100.0 cm³/mol. The van der Waals surface area contributed by atoms with Gasteiger partial charge in [-0.15, -0.1) is 0 Å². The van der Waals surface area contributed by atoms with E-state index >= 15 is 0 Å². The van der Waals surface area contributed by atoms with Gasteiger partial charge in [0.15, 0.2) is 5.17 Å². The van der Waals surface area contributed by atoms with E-state index in [9.17, 15) is 4.79 Å². The Labute approximate surface area is 149 Å². The molecule has 0 saturated carbocycles. The standard InChI is InChI=1S/C18H15ClN2O2S/c1-11-4-3-5-13(8-11)20-18-21-17(22)16(24-18)10-12-6-7-15(23-2)14(19)9-12/h3-10H,1-2H3,(H,20,21,22)/b16-10-. The molecule has 2 aromatic carbocycles. The maximum absolute atomic E-state index is 12.1. The van der Waals surface area contributed by atoms with Crippen molar-refractivity contribution in [2.75, 3.05) is 7.11 Å². The van der Waals surface area contributed by atoms with E-state index in [1.54, 1.807) is 25.3 Å². The summed E-state index contributed by atoms with van der Waals surface area (Å²) in [4.78, 5) is 17.2. The minimum atomic E-state index is -0.168. The Morgan fingerprint density at radius 1 is 1.25 bits per heavy atom. The number of nitrogens with one attached hydrogen (secondary N) is 1. The van der Waals surface area contributed by atoms with Gasteiger partial charge < -0.3 is 10.1 Å². The Morgan fingerprint density at radius 3 is 2.79 bits per heavy atom. The van der Waals surface area contributed by atoms with Crippen LogP contribution in [0.3, 0.4) is 0 Å². The smallest absolute Gasteiger partial charge is 0.264 e. The Kier molecular flexibility index (Phi) is 4.92. The lowest BCUT2D eigenvalue weighted by Crippen LogP contribution is -2.19. The van der Waals surface area contributed by atoms with E-state index in [2.05, 4.69) is 10.3 Å². The second kappa shape index (κ2) is 7.11. The zero-order valence-electron chi connectivity index (χ0n) is 13.2. The van der Waals surface area contributed by atoms with Gasteiger partial charge in [-0.1, -0.05) is 29.8 Å². The maximum Gasteiger partial charge on any atom is 0.264 e. The third-order valence-corrected chi connectivity index (χ3v) is 4.56. The summed E-state index contributed by atoms with van der Waals surface area (Å²) in [6, 6.07) is 13.2. The molecule has 4 nitrogen and oxygen atoms in total. The summed E-state index contributed by atoms with van der Waals surface area (Å²) < 4.78 is 5.13. The van der Waals surface area contributed by atoms with E-state index in [0.717, 1.165) is 16.8 Å². The molecule has 0 aromatic heterocycles. The van der Waals surface area contributed by atoms with Crippen molar-refractivity contribution in [1.29, 1.82) is 0 Å². The van der Waals surface area contributed by atoms with Crippen molar-refractivity contribution in [3.8, 4) is 5.75 Å². The highest BCUT2D eigenvalue weighted by molar-refractivity contribution is 8.18. The molecule has 1 amide bonds. The van der Waals surface area contributed by atoms with Gasteiger partial charge >= 0.3 is 0 Å². The molecule has 0 radical (unpaired) electrons. The molecule has 1 aliphatic heterocycles. The maximum atomic E-state index is 12.1. The summed E-state index contributed by atoms with van der Waals surface area (Å²) in [5, 5.41) is 3.85. The van der Waals surface area contributed by atoms with Crippen molar-refractivity contribution in [2.45, 2.75) is 6.92 Å². The van der Waals surface area contributed by atoms with Gasteiger partial charge in [-0.3, -0.25) is 4.79 Å². The molecular weight excluding hydrogens is 344 g/mol. The number of hydrogen-bond donors (Lipinski definition) is 1. The zero-order valence-corrected chi connectivity index (χ0v) is 14.7. The molecule has 0 bridgehead atoms. The molecule has 0 aliphatic carbocycles.